The van der Waals surface area contributed by atoms with Gasteiger partial charge in [-0.1, -0.05) is 20.3 Å². The molecule has 0 bridgehead atoms. The van der Waals surface area contributed by atoms with Gasteiger partial charge in [-0.3, -0.25) is 0 Å². The van der Waals surface area contributed by atoms with Crippen LogP contribution in [0.25, 0.3) is 0 Å². The topological polar surface area (TPSA) is 42.7 Å². The van der Waals surface area contributed by atoms with Gasteiger partial charge in [0.1, 0.15) is 11.4 Å². The average molecular weight is 267 g/mol. The number of hydrogen-bond donors (Lipinski definition) is 0. The Bertz CT molecular complexity index is 392. The Balaban J connectivity index is 2.89. The van der Waals surface area contributed by atoms with Gasteiger partial charge in [-0.25, -0.2) is 4.79 Å². The van der Waals surface area contributed by atoms with Crippen LogP contribution in [0.2, 0.25) is 0 Å². The third kappa shape index (κ3) is 4.30. The van der Waals surface area contributed by atoms with Crippen molar-refractivity contribution >= 4 is 6.09 Å². The van der Waals surface area contributed by atoms with Crippen LogP contribution in [0.15, 0.2) is 22.8 Å². The van der Waals surface area contributed by atoms with Gasteiger partial charge in [0.15, 0.2) is 0 Å². The van der Waals surface area contributed by atoms with E-state index in [-0.39, 0.29) is 12.1 Å². The molecule has 0 aromatic carbocycles. The zero-order valence-electron chi connectivity index (χ0n) is 12.8. The van der Waals surface area contributed by atoms with Gasteiger partial charge in [0, 0.05) is 7.05 Å². The molecule has 1 aromatic heterocycles. The Labute approximate surface area is 115 Å². The fourth-order valence-electron chi connectivity index (χ4n) is 1.98. The summed E-state index contributed by atoms with van der Waals surface area (Å²) in [6.07, 6.45) is 2.26. The minimum absolute atomic E-state index is 0.102. The smallest absolute Gasteiger partial charge is 0.410 e. The number of amides is 1. The average Bonchev–Trinajstić information content (AvgIpc) is 2.80. The second-order valence-electron chi connectivity index (χ2n) is 5.94. The van der Waals surface area contributed by atoms with Gasteiger partial charge in [0.05, 0.1) is 12.3 Å². The summed E-state index contributed by atoms with van der Waals surface area (Å²) >= 11 is 0. The molecule has 1 aromatic rings. The van der Waals surface area contributed by atoms with Crippen molar-refractivity contribution < 1.29 is 13.9 Å². The van der Waals surface area contributed by atoms with Crippen molar-refractivity contribution in [2.75, 3.05) is 7.05 Å². The van der Waals surface area contributed by atoms with E-state index >= 15 is 0 Å². The van der Waals surface area contributed by atoms with Crippen LogP contribution < -0.4 is 0 Å². The lowest BCUT2D eigenvalue weighted by atomic mass is 9.96. The highest BCUT2D eigenvalue weighted by Gasteiger charge is 2.31. The van der Waals surface area contributed by atoms with Gasteiger partial charge in [0.2, 0.25) is 0 Å². The Kier molecular flexibility index (Phi) is 5.04. The highest BCUT2D eigenvalue weighted by atomic mass is 16.6. The predicted octanol–water partition coefficient (Wildman–Crippen LogP) is 4.23. The van der Waals surface area contributed by atoms with Gasteiger partial charge in [-0.2, -0.15) is 0 Å². The molecule has 108 valence electrons. The molecule has 4 nitrogen and oxygen atoms in total. The summed E-state index contributed by atoms with van der Waals surface area (Å²) in [5.74, 6) is 1.09. The molecular weight excluding hydrogens is 242 g/mol. The van der Waals surface area contributed by atoms with Crippen LogP contribution in [0.3, 0.4) is 0 Å². The normalized spacial score (nSPS) is 14.8. The molecule has 0 N–H and O–H groups in total. The van der Waals surface area contributed by atoms with Crippen molar-refractivity contribution in [1.29, 1.82) is 0 Å². The lowest BCUT2D eigenvalue weighted by Gasteiger charge is -2.32. The maximum absolute atomic E-state index is 12.2. The van der Waals surface area contributed by atoms with Crippen LogP contribution in [-0.2, 0) is 4.74 Å². The maximum atomic E-state index is 12.2. The van der Waals surface area contributed by atoms with Crippen LogP contribution >= 0.6 is 0 Å². The third-order valence-corrected chi connectivity index (χ3v) is 3.12. The van der Waals surface area contributed by atoms with Crippen molar-refractivity contribution in [1.82, 2.24) is 4.90 Å². The first-order valence-corrected chi connectivity index (χ1v) is 6.75. The molecule has 0 aliphatic rings. The van der Waals surface area contributed by atoms with E-state index in [1.165, 1.54) is 0 Å². The second kappa shape index (κ2) is 6.13. The van der Waals surface area contributed by atoms with Gasteiger partial charge in [-0.15, -0.1) is 0 Å². The van der Waals surface area contributed by atoms with E-state index in [1.807, 2.05) is 32.9 Å². The van der Waals surface area contributed by atoms with E-state index in [1.54, 1.807) is 18.2 Å². The van der Waals surface area contributed by atoms with Crippen molar-refractivity contribution in [2.24, 2.45) is 5.92 Å². The third-order valence-electron chi connectivity index (χ3n) is 3.12. The van der Waals surface area contributed by atoms with Crippen molar-refractivity contribution in [3.63, 3.8) is 0 Å². The molecule has 0 aliphatic heterocycles. The SMILES string of the molecule is CCC(C)[C@@H](c1ccco1)N(C)C(=O)OC(C)(C)C. The van der Waals surface area contributed by atoms with Crippen molar-refractivity contribution in [2.45, 2.75) is 52.7 Å². The molecular formula is C15H25NO3. The molecule has 4 heteroatoms. The number of hydrogen-bond acceptors (Lipinski definition) is 3. The fraction of sp³-hybridized carbons (Fsp3) is 0.667. The van der Waals surface area contributed by atoms with E-state index < -0.39 is 5.60 Å². The lowest BCUT2D eigenvalue weighted by molar-refractivity contribution is 0.0140. The number of rotatable bonds is 4. The molecule has 0 spiro atoms. The summed E-state index contributed by atoms with van der Waals surface area (Å²) in [6, 6.07) is 3.64. The molecule has 19 heavy (non-hydrogen) atoms. The largest absolute Gasteiger partial charge is 0.467 e. The van der Waals surface area contributed by atoms with Crippen LogP contribution in [0.1, 0.15) is 52.8 Å². The van der Waals surface area contributed by atoms with Crippen molar-refractivity contribution in [3.05, 3.63) is 24.2 Å². The number of carbonyl (C=O) groups excluding carboxylic acids is 1. The van der Waals surface area contributed by atoms with E-state index in [9.17, 15) is 4.79 Å². The standard InChI is InChI=1S/C15H25NO3/c1-7-11(2)13(12-9-8-10-18-12)16(6)14(17)19-15(3,4)5/h8-11,13H,7H2,1-6H3/t11?,13-/m0/s1. The molecule has 0 saturated carbocycles. The van der Waals surface area contributed by atoms with Gasteiger partial charge < -0.3 is 14.1 Å². The van der Waals surface area contributed by atoms with Crippen molar-refractivity contribution in [3.8, 4) is 0 Å². The summed E-state index contributed by atoms with van der Waals surface area (Å²) in [4.78, 5) is 13.8. The number of ether oxygens (including phenoxy) is 1. The molecule has 1 heterocycles. The molecule has 0 aliphatic carbocycles. The first kappa shape index (κ1) is 15.6. The summed E-state index contributed by atoms with van der Waals surface area (Å²) in [6.45, 7) is 9.80. The lowest BCUT2D eigenvalue weighted by Crippen LogP contribution is -2.38. The number of carbonyl (C=O) groups is 1. The summed E-state index contributed by atoms with van der Waals surface area (Å²) in [5.41, 5.74) is -0.492. The number of furan rings is 1. The Morgan fingerprint density at radius 2 is 2.11 bits per heavy atom. The molecule has 2 atom stereocenters. The molecule has 1 unspecified atom stereocenters. The summed E-state index contributed by atoms with van der Waals surface area (Å²) in [7, 11) is 1.76. The molecule has 0 fully saturated rings. The first-order valence-electron chi connectivity index (χ1n) is 6.75. The summed E-state index contributed by atoms with van der Waals surface area (Å²) < 4.78 is 10.9. The van der Waals surface area contributed by atoms with Crippen LogP contribution in [-0.4, -0.2) is 23.6 Å². The molecule has 0 saturated heterocycles. The van der Waals surface area contributed by atoms with E-state index in [2.05, 4.69) is 13.8 Å². The van der Waals surface area contributed by atoms with Crippen LogP contribution in [0.5, 0.6) is 0 Å². The van der Waals surface area contributed by atoms with Gasteiger partial charge in [-0.05, 0) is 38.8 Å². The minimum Gasteiger partial charge on any atom is -0.467 e. The fourth-order valence-corrected chi connectivity index (χ4v) is 1.98. The highest BCUT2D eigenvalue weighted by Crippen LogP contribution is 2.31. The molecule has 1 rings (SSSR count). The molecule has 1 amide bonds. The van der Waals surface area contributed by atoms with E-state index in [0.29, 0.717) is 5.92 Å². The maximum Gasteiger partial charge on any atom is 0.410 e. The van der Waals surface area contributed by atoms with Crippen LogP contribution in [0, 0.1) is 5.92 Å². The van der Waals surface area contributed by atoms with Gasteiger partial charge >= 0.3 is 6.09 Å². The highest BCUT2D eigenvalue weighted by molar-refractivity contribution is 5.68. The second-order valence-corrected chi connectivity index (χ2v) is 5.94. The Morgan fingerprint density at radius 1 is 1.47 bits per heavy atom. The minimum atomic E-state index is -0.492. The van der Waals surface area contributed by atoms with E-state index in [4.69, 9.17) is 9.15 Å². The predicted molar refractivity (Wildman–Crippen MR) is 74.9 cm³/mol. The molecule has 0 radical (unpaired) electrons. The first-order chi connectivity index (χ1) is 8.76. The zero-order chi connectivity index (χ0) is 14.6. The van der Waals surface area contributed by atoms with Gasteiger partial charge in [0.25, 0.3) is 0 Å². The number of nitrogens with zero attached hydrogens (tertiary/aromatic N) is 1. The summed E-state index contributed by atoms with van der Waals surface area (Å²) in [5, 5.41) is 0. The Morgan fingerprint density at radius 3 is 2.53 bits per heavy atom. The van der Waals surface area contributed by atoms with Crippen LogP contribution in [0.4, 0.5) is 4.79 Å². The monoisotopic (exact) mass is 267 g/mol. The zero-order valence-corrected chi connectivity index (χ0v) is 12.8. The quantitative estimate of drug-likeness (QED) is 0.819. The Hall–Kier alpha value is -1.45. The van der Waals surface area contributed by atoms with E-state index in [0.717, 1.165) is 12.2 Å².